The van der Waals surface area contributed by atoms with Gasteiger partial charge in [0, 0.05) is 17.6 Å². The zero-order valence-corrected chi connectivity index (χ0v) is 16.1. The van der Waals surface area contributed by atoms with E-state index in [-0.39, 0.29) is 28.7 Å². The van der Waals surface area contributed by atoms with E-state index in [0.717, 1.165) is 0 Å². The SMILES string of the molecule is O=C(Nc1ccc(NC(=O)c2cccnc2Nc2ccccc2F)cc1)c1ccco1. The number of benzene rings is 2. The Morgan fingerprint density at radius 2 is 1.52 bits per heavy atom. The Balaban J connectivity index is 1.45. The number of halogens is 1. The van der Waals surface area contributed by atoms with Gasteiger partial charge in [-0.3, -0.25) is 9.59 Å². The maximum atomic E-state index is 13.9. The van der Waals surface area contributed by atoms with Gasteiger partial charge in [-0.15, -0.1) is 0 Å². The van der Waals surface area contributed by atoms with Crippen LogP contribution in [0.2, 0.25) is 0 Å². The lowest BCUT2D eigenvalue weighted by Crippen LogP contribution is -2.15. The first kappa shape index (κ1) is 19.8. The van der Waals surface area contributed by atoms with Crippen LogP contribution in [-0.2, 0) is 0 Å². The summed E-state index contributed by atoms with van der Waals surface area (Å²) in [7, 11) is 0. The lowest BCUT2D eigenvalue weighted by Gasteiger charge is -2.12. The molecule has 0 aliphatic carbocycles. The molecule has 4 aromatic rings. The second-order valence-electron chi connectivity index (χ2n) is 6.47. The molecule has 2 amide bonds. The molecule has 154 valence electrons. The Hall–Kier alpha value is -4.46. The molecule has 2 aromatic carbocycles. The zero-order chi connectivity index (χ0) is 21.6. The smallest absolute Gasteiger partial charge is 0.291 e. The number of pyridine rings is 1. The normalized spacial score (nSPS) is 10.4. The van der Waals surface area contributed by atoms with Crippen molar-refractivity contribution in [3.8, 4) is 0 Å². The van der Waals surface area contributed by atoms with Gasteiger partial charge >= 0.3 is 0 Å². The van der Waals surface area contributed by atoms with E-state index in [1.54, 1.807) is 66.7 Å². The Labute approximate surface area is 176 Å². The molecule has 0 spiro atoms. The topological polar surface area (TPSA) is 96.3 Å². The number of rotatable bonds is 6. The molecule has 0 unspecified atom stereocenters. The number of hydrogen-bond donors (Lipinski definition) is 3. The number of aromatic nitrogens is 1. The molecule has 0 fully saturated rings. The van der Waals surface area contributed by atoms with Gasteiger partial charge in [-0.25, -0.2) is 9.37 Å². The zero-order valence-electron chi connectivity index (χ0n) is 16.1. The highest BCUT2D eigenvalue weighted by molar-refractivity contribution is 6.08. The summed E-state index contributed by atoms with van der Waals surface area (Å²) < 4.78 is 19.0. The van der Waals surface area contributed by atoms with E-state index in [2.05, 4.69) is 20.9 Å². The molecule has 0 saturated carbocycles. The molecule has 4 rings (SSSR count). The van der Waals surface area contributed by atoms with E-state index in [9.17, 15) is 14.0 Å². The number of para-hydroxylation sites is 1. The second-order valence-corrected chi connectivity index (χ2v) is 6.47. The van der Waals surface area contributed by atoms with Gasteiger partial charge in [0.15, 0.2) is 5.76 Å². The van der Waals surface area contributed by atoms with Gasteiger partial charge in [-0.1, -0.05) is 12.1 Å². The fraction of sp³-hybridized carbons (Fsp3) is 0. The van der Waals surface area contributed by atoms with Gasteiger partial charge in [0.05, 0.1) is 17.5 Å². The largest absolute Gasteiger partial charge is 0.459 e. The van der Waals surface area contributed by atoms with Crippen LogP contribution in [0.1, 0.15) is 20.9 Å². The van der Waals surface area contributed by atoms with Gasteiger partial charge in [0.2, 0.25) is 0 Å². The van der Waals surface area contributed by atoms with Crippen LogP contribution in [0.4, 0.5) is 27.3 Å². The van der Waals surface area contributed by atoms with Gasteiger partial charge in [-0.2, -0.15) is 0 Å². The molecule has 3 N–H and O–H groups in total. The number of carbonyl (C=O) groups is 2. The van der Waals surface area contributed by atoms with Gasteiger partial charge < -0.3 is 20.4 Å². The third-order valence-corrected chi connectivity index (χ3v) is 4.32. The number of nitrogens with zero attached hydrogens (tertiary/aromatic N) is 1. The first-order valence-corrected chi connectivity index (χ1v) is 9.33. The van der Waals surface area contributed by atoms with E-state index in [0.29, 0.717) is 11.4 Å². The number of anilines is 4. The first-order chi connectivity index (χ1) is 15.1. The molecule has 0 bridgehead atoms. The summed E-state index contributed by atoms with van der Waals surface area (Å²) in [6.07, 6.45) is 2.93. The minimum Gasteiger partial charge on any atom is -0.459 e. The van der Waals surface area contributed by atoms with Crippen molar-refractivity contribution in [3.63, 3.8) is 0 Å². The minimum atomic E-state index is -0.452. The molecular weight excluding hydrogens is 399 g/mol. The van der Waals surface area contributed by atoms with Gasteiger partial charge in [-0.05, 0) is 60.7 Å². The average Bonchev–Trinajstić information content (AvgIpc) is 3.32. The van der Waals surface area contributed by atoms with Crippen molar-refractivity contribution >= 4 is 34.7 Å². The van der Waals surface area contributed by atoms with E-state index < -0.39 is 11.7 Å². The van der Waals surface area contributed by atoms with Crippen LogP contribution in [0.5, 0.6) is 0 Å². The van der Waals surface area contributed by atoms with Crippen LogP contribution < -0.4 is 16.0 Å². The lowest BCUT2D eigenvalue weighted by molar-refractivity contribution is 0.0994. The Morgan fingerprint density at radius 3 is 2.19 bits per heavy atom. The first-order valence-electron chi connectivity index (χ1n) is 9.33. The van der Waals surface area contributed by atoms with Crippen LogP contribution >= 0.6 is 0 Å². The Bertz CT molecular complexity index is 1210. The van der Waals surface area contributed by atoms with Crippen LogP contribution in [-0.4, -0.2) is 16.8 Å². The van der Waals surface area contributed by atoms with Crippen molar-refractivity contribution in [3.05, 3.63) is 102 Å². The van der Waals surface area contributed by atoms with E-state index >= 15 is 0 Å². The summed E-state index contributed by atoms with van der Waals surface area (Å²) in [6, 6.07) is 19.1. The maximum Gasteiger partial charge on any atom is 0.291 e. The number of furan rings is 1. The summed E-state index contributed by atoms with van der Waals surface area (Å²) in [6.45, 7) is 0. The van der Waals surface area contributed by atoms with Crippen LogP contribution in [0.25, 0.3) is 0 Å². The highest BCUT2D eigenvalue weighted by Crippen LogP contribution is 2.22. The number of amides is 2. The highest BCUT2D eigenvalue weighted by Gasteiger charge is 2.14. The molecule has 2 aromatic heterocycles. The quantitative estimate of drug-likeness (QED) is 0.408. The maximum absolute atomic E-state index is 13.9. The molecule has 7 nitrogen and oxygen atoms in total. The number of hydrogen-bond acceptors (Lipinski definition) is 5. The van der Waals surface area contributed by atoms with Crippen molar-refractivity contribution in [1.82, 2.24) is 4.98 Å². The third kappa shape index (κ3) is 4.76. The predicted octanol–water partition coefficient (Wildman–Crippen LogP) is 5.06. The Morgan fingerprint density at radius 1 is 0.806 bits per heavy atom. The van der Waals surface area contributed by atoms with E-state index in [4.69, 9.17) is 4.42 Å². The van der Waals surface area contributed by atoms with Crippen molar-refractivity contribution in [1.29, 1.82) is 0 Å². The average molecular weight is 416 g/mol. The van der Waals surface area contributed by atoms with Crippen molar-refractivity contribution in [2.75, 3.05) is 16.0 Å². The van der Waals surface area contributed by atoms with E-state index in [1.165, 1.54) is 18.5 Å². The fourth-order valence-corrected chi connectivity index (χ4v) is 2.81. The monoisotopic (exact) mass is 416 g/mol. The minimum absolute atomic E-state index is 0.198. The van der Waals surface area contributed by atoms with E-state index in [1.807, 2.05) is 0 Å². The summed E-state index contributed by atoms with van der Waals surface area (Å²) in [5, 5.41) is 8.31. The molecule has 0 aliphatic heterocycles. The number of nitrogens with one attached hydrogen (secondary N) is 3. The highest BCUT2D eigenvalue weighted by atomic mass is 19.1. The third-order valence-electron chi connectivity index (χ3n) is 4.32. The lowest BCUT2D eigenvalue weighted by atomic mass is 10.2. The molecule has 8 heteroatoms. The van der Waals surface area contributed by atoms with Crippen LogP contribution in [0, 0.1) is 5.82 Å². The summed E-state index contributed by atoms with van der Waals surface area (Å²) >= 11 is 0. The van der Waals surface area contributed by atoms with Gasteiger partial charge in [0.25, 0.3) is 11.8 Å². The molecule has 0 saturated heterocycles. The molecule has 0 radical (unpaired) electrons. The molecule has 2 heterocycles. The Kier molecular flexibility index (Phi) is 5.70. The van der Waals surface area contributed by atoms with Crippen molar-refractivity contribution < 1.29 is 18.4 Å². The summed E-state index contributed by atoms with van der Waals surface area (Å²) in [5.74, 6) is -0.816. The molecule has 0 aliphatic rings. The fourth-order valence-electron chi connectivity index (χ4n) is 2.81. The van der Waals surface area contributed by atoms with Crippen molar-refractivity contribution in [2.45, 2.75) is 0 Å². The molecule has 0 atom stereocenters. The predicted molar refractivity (Wildman–Crippen MR) is 115 cm³/mol. The van der Waals surface area contributed by atoms with Gasteiger partial charge in [0.1, 0.15) is 11.6 Å². The summed E-state index contributed by atoms with van der Waals surface area (Å²) in [4.78, 5) is 28.9. The second kappa shape index (κ2) is 8.91. The van der Waals surface area contributed by atoms with Crippen molar-refractivity contribution in [2.24, 2.45) is 0 Å². The number of carbonyl (C=O) groups excluding carboxylic acids is 2. The summed E-state index contributed by atoms with van der Waals surface area (Å²) in [5.41, 5.74) is 1.53. The molecular formula is C23H17FN4O3. The van der Waals surface area contributed by atoms with Crippen LogP contribution in [0.3, 0.4) is 0 Å². The standard InChI is InChI=1S/C23H17FN4O3/c24-18-6-1-2-7-19(18)28-21-17(5-3-13-25-21)22(29)26-15-9-11-16(12-10-15)27-23(30)20-8-4-14-31-20/h1-14H,(H,25,28)(H,26,29)(H,27,30). The molecule has 31 heavy (non-hydrogen) atoms. The van der Waals surface area contributed by atoms with Crippen LogP contribution in [0.15, 0.2) is 89.7 Å².